The van der Waals surface area contributed by atoms with Crippen molar-refractivity contribution in [1.82, 2.24) is 0 Å². The third-order valence-electron chi connectivity index (χ3n) is 4.85. The van der Waals surface area contributed by atoms with Crippen LogP contribution in [0.15, 0.2) is 0 Å². The molecule has 1 aliphatic carbocycles. The SMILES string of the molecule is [B]C1CC(OCP(=O)(CC)CC)C(C)C1(C)C. The molecule has 0 aromatic carbocycles. The van der Waals surface area contributed by atoms with E-state index in [1.807, 2.05) is 13.8 Å². The van der Waals surface area contributed by atoms with Gasteiger partial charge in [0.05, 0.1) is 14.0 Å². The molecule has 0 aromatic heterocycles. The zero-order chi connectivity index (χ0) is 13.3. The van der Waals surface area contributed by atoms with Crippen molar-refractivity contribution in [2.45, 2.75) is 53.0 Å². The molecule has 98 valence electrons. The first-order chi connectivity index (χ1) is 7.77. The third-order valence-corrected chi connectivity index (χ3v) is 7.77. The van der Waals surface area contributed by atoms with E-state index >= 15 is 0 Å². The molecule has 3 atom stereocenters. The molecule has 17 heavy (non-hydrogen) atoms. The maximum absolute atomic E-state index is 12.3. The van der Waals surface area contributed by atoms with Gasteiger partial charge < -0.3 is 9.30 Å². The highest BCUT2D eigenvalue weighted by Gasteiger charge is 2.44. The van der Waals surface area contributed by atoms with Crippen LogP contribution < -0.4 is 0 Å². The average Bonchev–Trinajstić information content (AvgIpc) is 2.50. The van der Waals surface area contributed by atoms with E-state index in [-0.39, 0.29) is 17.3 Å². The van der Waals surface area contributed by atoms with Gasteiger partial charge in [-0.25, -0.2) is 0 Å². The number of hydrogen-bond acceptors (Lipinski definition) is 2. The lowest BCUT2D eigenvalue weighted by atomic mass is 9.67. The van der Waals surface area contributed by atoms with Gasteiger partial charge in [0.25, 0.3) is 0 Å². The summed E-state index contributed by atoms with van der Waals surface area (Å²) in [5.41, 5.74) is 0.118. The van der Waals surface area contributed by atoms with Crippen molar-refractivity contribution in [2.75, 3.05) is 18.7 Å². The Balaban J connectivity index is 2.58. The number of rotatable bonds is 5. The van der Waals surface area contributed by atoms with E-state index < -0.39 is 7.14 Å². The van der Waals surface area contributed by atoms with Crippen LogP contribution in [0.1, 0.15) is 41.0 Å². The van der Waals surface area contributed by atoms with Gasteiger partial charge in [-0.3, -0.25) is 0 Å². The molecule has 2 radical (unpaired) electrons. The maximum atomic E-state index is 12.3. The van der Waals surface area contributed by atoms with Crippen molar-refractivity contribution in [1.29, 1.82) is 0 Å². The Morgan fingerprint density at radius 1 is 1.35 bits per heavy atom. The average molecular weight is 256 g/mol. The Hall–Kier alpha value is 0.255. The first-order valence-corrected chi connectivity index (χ1v) is 8.97. The van der Waals surface area contributed by atoms with E-state index in [0.717, 1.165) is 18.7 Å². The van der Waals surface area contributed by atoms with Crippen molar-refractivity contribution in [2.24, 2.45) is 11.3 Å². The molecular formula is C13H26BO2P. The molecule has 0 amide bonds. The molecule has 0 heterocycles. The molecule has 0 saturated heterocycles. The summed E-state index contributed by atoms with van der Waals surface area (Å²) in [4.78, 5) is 0. The van der Waals surface area contributed by atoms with Crippen LogP contribution in [-0.2, 0) is 9.30 Å². The fourth-order valence-electron chi connectivity index (χ4n) is 2.43. The fraction of sp³-hybridized carbons (Fsp3) is 1.00. The zero-order valence-electron chi connectivity index (χ0n) is 11.9. The van der Waals surface area contributed by atoms with Gasteiger partial charge >= 0.3 is 0 Å². The van der Waals surface area contributed by atoms with Crippen molar-refractivity contribution >= 4 is 15.0 Å². The van der Waals surface area contributed by atoms with Crippen LogP contribution in [0.2, 0.25) is 5.82 Å². The summed E-state index contributed by atoms with van der Waals surface area (Å²) in [6.45, 7) is 10.6. The molecule has 1 aliphatic rings. The second kappa shape index (κ2) is 5.49. The molecule has 1 fully saturated rings. The normalized spacial score (nSPS) is 32.9. The maximum Gasteiger partial charge on any atom is 0.111 e. The zero-order valence-corrected chi connectivity index (χ0v) is 12.8. The summed E-state index contributed by atoms with van der Waals surface area (Å²) >= 11 is 0. The topological polar surface area (TPSA) is 26.3 Å². The van der Waals surface area contributed by atoms with Crippen LogP contribution in [-0.4, -0.2) is 32.6 Å². The van der Waals surface area contributed by atoms with Crippen molar-refractivity contribution in [3.05, 3.63) is 0 Å². The Kier molecular flexibility index (Phi) is 4.94. The highest BCUT2D eigenvalue weighted by atomic mass is 31.2. The third kappa shape index (κ3) is 3.17. The second-order valence-corrected chi connectivity index (χ2v) is 9.62. The van der Waals surface area contributed by atoms with Crippen LogP contribution in [0, 0.1) is 11.3 Å². The van der Waals surface area contributed by atoms with E-state index in [2.05, 4.69) is 20.8 Å². The van der Waals surface area contributed by atoms with Crippen LogP contribution in [0.4, 0.5) is 0 Å². The lowest BCUT2D eigenvalue weighted by Gasteiger charge is -2.30. The first kappa shape index (κ1) is 15.3. The Morgan fingerprint density at radius 2 is 1.88 bits per heavy atom. The minimum Gasteiger partial charge on any atom is -0.370 e. The van der Waals surface area contributed by atoms with Gasteiger partial charge in [0.15, 0.2) is 0 Å². The molecule has 0 bridgehead atoms. The number of ether oxygens (including phenoxy) is 1. The highest BCUT2D eigenvalue weighted by Crippen LogP contribution is 2.52. The summed E-state index contributed by atoms with van der Waals surface area (Å²) in [6.07, 6.45) is 2.96. The van der Waals surface area contributed by atoms with Crippen molar-refractivity contribution in [3.63, 3.8) is 0 Å². The molecule has 0 N–H and O–H groups in total. The molecule has 0 spiro atoms. The van der Waals surface area contributed by atoms with Crippen LogP contribution in [0.3, 0.4) is 0 Å². The Morgan fingerprint density at radius 3 is 2.24 bits per heavy atom. The fourth-order valence-corrected chi connectivity index (χ4v) is 3.70. The summed E-state index contributed by atoms with van der Waals surface area (Å²) in [5, 5.41) is 0. The lowest BCUT2D eigenvalue weighted by Crippen LogP contribution is -2.26. The quantitative estimate of drug-likeness (QED) is 0.553. The van der Waals surface area contributed by atoms with Gasteiger partial charge in [0.1, 0.15) is 13.5 Å². The molecule has 0 aliphatic heterocycles. The van der Waals surface area contributed by atoms with E-state index in [4.69, 9.17) is 12.6 Å². The van der Waals surface area contributed by atoms with Gasteiger partial charge in [0, 0.05) is 12.3 Å². The van der Waals surface area contributed by atoms with Gasteiger partial charge in [-0.2, -0.15) is 0 Å². The molecule has 4 heteroatoms. The van der Waals surface area contributed by atoms with Gasteiger partial charge in [-0.15, -0.1) is 0 Å². The molecule has 2 nitrogen and oxygen atoms in total. The minimum absolute atomic E-state index is 0.118. The lowest BCUT2D eigenvalue weighted by molar-refractivity contribution is 0.0412. The van der Waals surface area contributed by atoms with E-state index in [1.165, 1.54) is 0 Å². The van der Waals surface area contributed by atoms with Crippen LogP contribution >= 0.6 is 7.14 Å². The van der Waals surface area contributed by atoms with Gasteiger partial charge in [0.2, 0.25) is 0 Å². The van der Waals surface area contributed by atoms with Crippen molar-refractivity contribution in [3.8, 4) is 0 Å². The molecule has 3 unspecified atom stereocenters. The Labute approximate surface area is 108 Å². The number of hydrogen-bond donors (Lipinski definition) is 0. The predicted molar refractivity (Wildman–Crippen MR) is 75.5 cm³/mol. The minimum atomic E-state index is -2.08. The standard InChI is InChI=1S/C13H26BO2P/c1-6-17(15,7-2)9-16-11-8-12(14)13(4,5)10(11)3/h10-12H,6-9H2,1-5H3. The summed E-state index contributed by atoms with van der Waals surface area (Å²) < 4.78 is 18.2. The predicted octanol–water partition coefficient (Wildman–Crippen LogP) is 3.76. The summed E-state index contributed by atoms with van der Waals surface area (Å²) in [7, 11) is 4.06. The van der Waals surface area contributed by atoms with Gasteiger partial charge in [-0.1, -0.05) is 40.4 Å². The molecule has 1 saturated carbocycles. The molecule has 0 aromatic rings. The smallest absolute Gasteiger partial charge is 0.111 e. The second-order valence-electron chi connectivity index (χ2n) is 5.98. The van der Waals surface area contributed by atoms with E-state index in [1.54, 1.807) is 0 Å². The van der Waals surface area contributed by atoms with E-state index in [0.29, 0.717) is 12.3 Å². The highest BCUT2D eigenvalue weighted by molar-refractivity contribution is 7.63. The summed E-state index contributed by atoms with van der Waals surface area (Å²) in [6, 6.07) is 0. The first-order valence-electron chi connectivity index (χ1n) is 6.71. The van der Waals surface area contributed by atoms with Crippen molar-refractivity contribution < 1.29 is 9.30 Å². The Bertz CT molecular complexity index is 296. The monoisotopic (exact) mass is 256 g/mol. The van der Waals surface area contributed by atoms with E-state index in [9.17, 15) is 4.57 Å². The van der Waals surface area contributed by atoms with Crippen LogP contribution in [0.5, 0.6) is 0 Å². The molecule has 1 rings (SSSR count). The summed E-state index contributed by atoms with van der Waals surface area (Å²) in [5.74, 6) is 0.616. The van der Waals surface area contributed by atoms with Crippen LogP contribution in [0.25, 0.3) is 0 Å². The largest absolute Gasteiger partial charge is 0.370 e. The van der Waals surface area contributed by atoms with Gasteiger partial charge in [-0.05, 0) is 17.8 Å². The molecular weight excluding hydrogens is 230 g/mol.